The molecule has 8 nitrogen and oxygen atoms in total. The summed E-state index contributed by atoms with van der Waals surface area (Å²) in [5, 5.41) is 17.7. The molecule has 0 radical (unpaired) electrons. The zero-order valence-corrected chi connectivity index (χ0v) is 16.9. The van der Waals surface area contributed by atoms with Crippen LogP contribution in [-0.4, -0.2) is 51.9 Å². The van der Waals surface area contributed by atoms with Gasteiger partial charge in [-0.25, -0.2) is 4.99 Å². The van der Waals surface area contributed by atoms with Crippen LogP contribution in [0.3, 0.4) is 0 Å². The Hall–Kier alpha value is -3.86. The molecule has 1 aromatic carbocycles. The van der Waals surface area contributed by atoms with Crippen LogP contribution in [0.1, 0.15) is 18.1 Å². The minimum Gasteiger partial charge on any atom is -0.336 e. The Labute approximate surface area is 169 Å². The standard InChI is InChI=1S/C21H22N8/c1-15(18-7-5-6-16(12-18)13-22)25-19(23-2)14-28(3)21-27-26-20(29(21)4)17-8-10-24-11-9-17/h5-12H,14H2,1-4H3. The Morgan fingerprint density at radius 2 is 1.97 bits per heavy atom. The number of rotatable bonds is 5. The second kappa shape index (κ2) is 8.89. The van der Waals surface area contributed by atoms with Gasteiger partial charge in [0.15, 0.2) is 5.82 Å². The third kappa shape index (κ3) is 4.52. The fourth-order valence-corrected chi connectivity index (χ4v) is 2.92. The zero-order valence-electron chi connectivity index (χ0n) is 16.9. The molecule has 0 N–H and O–H groups in total. The maximum atomic E-state index is 9.09. The first-order valence-electron chi connectivity index (χ1n) is 9.06. The second-order valence-electron chi connectivity index (χ2n) is 6.50. The largest absolute Gasteiger partial charge is 0.336 e. The van der Waals surface area contributed by atoms with E-state index in [4.69, 9.17) is 5.26 Å². The lowest BCUT2D eigenvalue weighted by Gasteiger charge is -2.17. The molecule has 0 atom stereocenters. The minimum atomic E-state index is 0.466. The highest BCUT2D eigenvalue weighted by Gasteiger charge is 2.15. The molecule has 2 aromatic heterocycles. The van der Waals surface area contributed by atoms with Crippen LogP contribution < -0.4 is 4.90 Å². The van der Waals surface area contributed by atoms with Crippen LogP contribution in [0, 0.1) is 11.3 Å². The maximum absolute atomic E-state index is 9.09. The highest BCUT2D eigenvalue weighted by atomic mass is 15.4. The number of aromatic nitrogens is 4. The maximum Gasteiger partial charge on any atom is 0.227 e. The molecule has 2 heterocycles. The molecule has 8 heteroatoms. The summed E-state index contributed by atoms with van der Waals surface area (Å²) >= 11 is 0. The number of amidine groups is 1. The fourth-order valence-electron chi connectivity index (χ4n) is 2.92. The van der Waals surface area contributed by atoms with Gasteiger partial charge in [0, 0.05) is 44.8 Å². The van der Waals surface area contributed by atoms with E-state index < -0.39 is 0 Å². The van der Waals surface area contributed by atoms with Crippen LogP contribution in [0.25, 0.3) is 11.4 Å². The Bertz CT molecular complexity index is 1090. The molecule has 0 bridgehead atoms. The lowest BCUT2D eigenvalue weighted by Crippen LogP contribution is -2.27. The molecule has 0 saturated carbocycles. The first-order chi connectivity index (χ1) is 14.0. The number of benzene rings is 1. The average Bonchev–Trinajstić information content (AvgIpc) is 3.15. The Kier molecular flexibility index (Phi) is 6.09. The molecule has 146 valence electrons. The van der Waals surface area contributed by atoms with Gasteiger partial charge in [-0.05, 0) is 36.8 Å². The van der Waals surface area contributed by atoms with Crippen molar-refractivity contribution in [1.82, 2.24) is 19.7 Å². The quantitative estimate of drug-likeness (QED) is 0.496. The van der Waals surface area contributed by atoms with Crippen molar-refractivity contribution in [2.75, 3.05) is 25.5 Å². The first kappa shape index (κ1) is 19.9. The monoisotopic (exact) mass is 386 g/mol. The molecule has 0 amide bonds. The molecule has 0 fully saturated rings. The van der Waals surface area contributed by atoms with E-state index >= 15 is 0 Å². The van der Waals surface area contributed by atoms with Crippen LogP contribution in [0.15, 0.2) is 58.8 Å². The summed E-state index contributed by atoms with van der Waals surface area (Å²) in [7, 11) is 5.56. The Morgan fingerprint density at radius 1 is 1.21 bits per heavy atom. The van der Waals surface area contributed by atoms with Gasteiger partial charge < -0.3 is 4.90 Å². The van der Waals surface area contributed by atoms with Crippen molar-refractivity contribution in [3.63, 3.8) is 0 Å². The van der Waals surface area contributed by atoms with Gasteiger partial charge in [0.25, 0.3) is 0 Å². The van der Waals surface area contributed by atoms with Gasteiger partial charge in [-0.3, -0.25) is 14.5 Å². The summed E-state index contributed by atoms with van der Waals surface area (Å²) in [5.41, 5.74) is 3.25. The predicted octanol–water partition coefficient (Wildman–Crippen LogP) is 2.72. The Balaban J connectivity index is 1.79. The molecule has 3 aromatic rings. The van der Waals surface area contributed by atoms with Crippen molar-refractivity contribution in [3.05, 3.63) is 59.9 Å². The minimum absolute atomic E-state index is 0.466. The van der Waals surface area contributed by atoms with E-state index in [0.29, 0.717) is 23.9 Å². The van der Waals surface area contributed by atoms with Crippen molar-refractivity contribution in [2.45, 2.75) is 6.92 Å². The van der Waals surface area contributed by atoms with Crippen LogP contribution in [0.2, 0.25) is 0 Å². The van der Waals surface area contributed by atoms with E-state index in [1.54, 1.807) is 25.5 Å². The lowest BCUT2D eigenvalue weighted by molar-refractivity contribution is 0.854. The molecule has 0 aliphatic carbocycles. The molecular formula is C21H22N8. The number of anilines is 1. The third-order valence-corrected chi connectivity index (χ3v) is 4.47. The smallest absolute Gasteiger partial charge is 0.227 e. The lowest BCUT2D eigenvalue weighted by atomic mass is 10.1. The molecule has 0 aliphatic rings. The van der Waals surface area contributed by atoms with Gasteiger partial charge in [-0.1, -0.05) is 12.1 Å². The number of pyridine rings is 1. The number of aliphatic imine (C=N–C) groups is 2. The molecule has 0 aliphatic heterocycles. The molecule has 3 rings (SSSR count). The third-order valence-electron chi connectivity index (χ3n) is 4.47. The van der Waals surface area contributed by atoms with Crippen molar-refractivity contribution in [1.29, 1.82) is 5.26 Å². The van der Waals surface area contributed by atoms with Gasteiger partial charge in [-0.15, -0.1) is 10.2 Å². The van der Waals surface area contributed by atoms with Crippen molar-refractivity contribution in [2.24, 2.45) is 17.0 Å². The topological polar surface area (TPSA) is 95.3 Å². The van der Waals surface area contributed by atoms with E-state index in [1.165, 1.54) is 0 Å². The fraction of sp³-hybridized carbons (Fsp3) is 0.238. The molecule has 0 spiro atoms. The zero-order chi connectivity index (χ0) is 20.8. The van der Waals surface area contributed by atoms with Crippen LogP contribution in [0.5, 0.6) is 0 Å². The van der Waals surface area contributed by atoms with E-state index in [2.05, 4.69) is 31.2 Å². The summed E-state index contributed by atoms with van der Waals surface area (Å²) in [5.74, 6) is 2.12. The molecule has 0 saturated heterocycles. The van der Waals surface area contributed by atoms with E-state index in [0.717, 1.165) is 22.7 Å². The summed E-state index contributed by atoms with van der Waals surface area (Å²) < 4.78 is 1.93. The number of hydrogen-bond acceptors (Lipinski definition) is 6. The highest BCUT2D eigenvalue weighted by Crippen LogP contribution is 2.20. The average molecular weight is 386 g/mol. The number of hydrogen-bond donors (Lipinski definition) is 0. The highest BCUT2D eigenvalue weighted by molar-refractivity contribution is 6.07. The van der Waals surface area contributed by atoms with E-state index in [1.807, 2.05) is 60.8 Å². The SMILES string of the molecule is CN=C(CN(C)c1nnc(-c2ccncc2)n1C)N=C(C)c1cccc(C#N)c1. The molecule has 29 heavy (non-hydrogen) atoms. The normalized spacial score (nSPS) is 12.0. The van der Waals surface area contributed by atoms with E-state index in [-0.39, 0.29) is 0 Å². The van der Waals surface area contributed by atoms with Crippen molar-refractivity contribution < 1.29 is 0 Å². The van der Waals surface area contributed by atoms with Gasteiger partial charge in [0.05, 0.1) is 18.2 Å². The van der Waals surface area contributed by atoms with Crippen molar-refractivity contribution >= 4 is 17.5 Å². The van der Waals surface area contributed by atoms with Crippen LogP contribution in [0.4, 0.5) is 5.95 Å². The number of nitrogens with zero attached hydrogens (tertiary/aromatic N) is 8. The van der Waals surface area contributed by atoms with Crippen molar-refractivity contribution in [3.8, 4) is 17.5 Å². The summed E-state index contributed by atoms with van der Waals surface area (Å²) in [4.78, 5) is 15.0. The molecular weight excluding hydrogens is 364 g/mol. The summed E-state index contributed by atoms with van der Waals surface area (Å²) in [6, 6.07) is 13.3. The predicted molar refractivity (Wildman–Crippen MR) is 114 cm³/mol. The summed E-state index contributed by atoms with van der Waals surface area (Å²) in [6.07, 6.45) is 3.46. The number of likely N-dealkylation sites (N-methyl/N-ethyl adjacent to an activating group) is 1. The van der Waals surface area contributed by atoms with Gasteiger partial charge >= 0.3 is 0 Å². The van der Waals surface area contributed by atoms with E-state index in [9.17, 15) is 0 Å². The van der Waals surface area contributed by atoms with Crippen LogP contribution >= 0.6 is 0 Å². The second-order valence-corrected chi connectivity index (χ2v) is 6.50. The van der Waals surface area contributed by atoms with Gasteiger partial charge in [0.2, 0.25) is 5.95 Å². The van der Waals surface area contributed by atoms with Gasteiger partial charge in [-0.2, -0.15) is 5.26 Å². The van der Waals surface area contributed by atoms with Gasteiger partial charge in [0.1, 0.15) is 5.84 Å². The first-order valence-corrected chi connectivity index (χ1v) is 9.06. The number of nitriles is 1. The van der Waals surface area contributed by atoms with Crippen LogP contribution in [-0.2, 0) is 7.05 Å². The molecule has 0 unspecified atom stereocenters. The Morgan fingerprint density at radius 3 is 2.66 bits per heavy atom. The summed E-state index contributed by atoms with van der Waals surface area (Å²) in [6.45, 7) is 2.37.